The van der Waals surface area contributed by atoms with Crippen molar-refractivity contribution in [1.29, 1.82) is 5.41 Å². The quantitative estimate of drug-likeness (QED) is 0.541. The number of hydrogen-bond donors (Lipinski definition) is 1. The first-order valence-corrected chi connectivity index (χ1v) is 3.03. The predicted octanol–water partition coefficient (Wildman–Crippen LogP) is 2.38. The van der Waals surface area contributed by atoms with Gasteiger partial charge in [-0.2, -0.15) is 0 Å². The van der Waals surface area contributed by atoms with E-state index in [1.165, 1.54) is 11.8 Å². The molecule has 0 aliphatic carbocycles. The molecule has 1 nitrogen and oxygen atoms in total. The van der Waals surface area contributed by atoms with E-state index in [1.54, 1.807) is 0 Å². The van der Waals surface area contributed by atoms with Crippen LogP contribution < -0.4 is 0 Å². The number of allylic oxidation sites excluding steroid dienone is 2. The summed E-state index contributed by atoms with van der Waals surface area (Å²) in [6.45, 7) is 4.22. The van der Waals surface area contributed by atoms with Crippen LogP contribution in [0, 0.1) is 5.41 Å². The summed E-state index contributed by atoms with van der Waals surface area (Å²) in [4.78, 5) is 0. The SMILES string of the molecule is CCC(=CC=N)CC. The van der Waals surface area contributed by atoms with E-state index in [0.29, 0.717) is 0 Å². The molecule has 0 radical (unpaired) electrons. The molecular formula is C7H13N. The first-order chi connectivity index (χ1) is 3.85. The van der Waals surface area contributed by atoms with Gasteiger partial charge >= 0.3 is 0 Å². The van der Waals surface area contributed by atoms with Gasteiger partial charge in [-0.1, -0.05) is 19.4 Å². The molecule has 0 spiro atoms. The van der Waals surface area contributed by atoms with Gasteiger partial charge in [-0.15, -0.1) is 0 Å². The van der Waals surface area contributed by atoms with Crippen molar-refractivity contribution in [3.63, 3.8) is 0 Å². The molecule has 0 fully saturated rings. The highest BCUT2D eigenvalue weighted by atomic mass is 14.3. The lowest BCUT2D eigenvalue weighted by molar-refractivity contribution is 0.981. The summed E-state index contributed by atoms with van der Waals surface area (Å²) < 4.78 is 0. The van der Waals surface area contributed by atoms with Gasteiger partial charge in [-0.3, -0.25) is 0 Å². The van der Waals surface area contributed by atoms with E-state index in [1.807, 2.05) is 6.08 Å². The lowest BCUT2D eigenvalue weighted by Gasteiger charge is -1.93. The summed E-state index contributed by atoms with van der Waals surface area (Å²) in [6, 6.07) is 0. The van der Waals surface area contributed by atoms with Gasteiger partial charge in [-0.05, 0) is 18.9 Å². The van der Waals surface area contributed by atoms with Crippen LogP contribution in [-0.2, 0) is 0 Å². The molecule has 0 aromatic carbocycles. The topological polar surface area (TPSA) is 23.9 Å². The second-order valence-corrected chi connectivity index (χ2v) is 1.70. The average molecular weight is 111 g/mol. The van der Waals surface area contributed by atoms with Crippen LogP contribution in [-0.4, -0.2) is 6.21 Å². The minimum absolute atomic E-state index is 1.08. The monoisotopic (exact) mass is 111 g/mol. The fourth-order valence-electron chi connectivity index (χ4n) is 0.604. The third-order valence-corrected chi connectivity index (χ3v) is 1.23. The van der Waals surface area contributed by atoms with Crippen LogP contribution in [0.2, 0.25) is 0 Å². The average Bonchev–Trinajstić information content (AvgIpc) is 1.83. The molecule has 0 amide bonds. The van der Waals surface area contributed by atoms with E-state index in [9.17, 15) is 0 Å². The van der Waals surface area contributed by atoms with E-state index >= 15 is 0 Å². The van der Waals surface area contributed by atoms with Crippen molar-refractivity contribution >= 4 is 6.21 Å². The maximum absolute atomic E-state index is 6.74. The van der Waals surface area contributed by atoms with Gasteiger partial charge in [0.05, 0.1) is 0 Å². The van der Waals surface area contributed by atoms with Crippen LogP contribution in [0.4, 0.5) is 0 Å². The predicted molar refractivity (Wildman–Crippen MR) is 37.4 cm³/mol. The molecule has 0 aliphatic heterocycles. The van der Waals surface area contributed by atoms with Crippen molar-refractivity contribution in [3.05, 3.63) is 11.6 Å². The molecule has 1 N–H and O–H groups in total. The van der Waals surface area contributed by atoms with E-state index < -0.39 is 0 Å². The van der Waals surface area contributed by atoms with E-state index in [4.69, 9.17) is 5.41 Å². The fraction of sp³-hybridized carbons (Fsp3) is 0.571. The van der Waals surface area contributed by atoms with Gasteiger partial charge in [0.1, 0.15) is 0 Å². The molecule has 0 unspecified atom stereocenters. The maximum Gasteiger partial charge on any atom is 0.0177 e. The molecule has 0 saturated carbocycles. The molecule has 1 heteroatoms. The molecule has 8 heavy (non-hydrogen) atoms. The Bertz CT molecular complexity index is 86.6. The third kappa shape index (κ3) is 2.56. The molecule has 0 bridgehead atoms. The van der Waals surface area contributed by atoms with Gasteiger partial charge in [0.15, 0.2) is 0 Å². The van der Waals surface area contributed by atoms with Crippen LogP contribution in [0.25, 0.3) is 0 Å². The summed E-state index contributed by atoms with van der Waals surface area (Å²) in [5.41, 5.74) is 1.35. The minimum atomic E-state index is 1.08. The minimum Gasteiger partial charge on any atom is -0.309 e. The van der Waals surface area contributed by atoms with Crippen LogP contribution in [0.3, 0.4) is 0 Å². The highest BCUT2D eigenvalue weighted by molar-refractivity contribution is 5.68. The Morgan fingerprint density at radius 1 is 1.38 bits per heavy atom. The van der Waals surface area contributed by atoms with E-state index in [2.05, 4.69) is 13.8 Å². The van der Waals surface area contributed by atoms with E-state index in [-0.39, 0.29) is 0 Å². The van der Waals surface area contributed by atoms with Crippen LogP contribution in [0.1, 0.15) is 26.7 Å². The Labute approximate surface area is 50.9 Å². The van der Waals surface area contributed by atoms with Crippen molar-refractivity contribution in [1.82, 2.24) is 0 Å². The van der Waals surface area contributed by atoms with Gasteiger partial charge in [0.25, 0.3) is 0 Å². The lowest BCUT2D eigenvalue weighted by Crippen LogP contribution is -1.76. The van der Waals surface area contributed by atoms with Crippen molar-refractivity contribution in [2.45, 2.75) is 26.7 Å². The standard InChI is InChI=1S/C7H13N/c1-3-7(4-2)5-6-8/h5-6,8H,3-4H2,1-2H3. The zero-order valence-corrected chi connectivity index (χ0v) is 5.57. The smallest absolute Gasteiger partial charge is 0.0177 e. The zero-order valence-electron chi connectivity index (χ0n) is 5.57. The Balaban J connectivity index is 3.66. The summed E-state index contributed by atoms with van der Waals surface area (Å²) in [5.74, 6) is 0. The Morgan fingerprint density at radius 2 is 1.88 bits per heavy atom. The number of rotatable bonds is 3. The van der Waals surface area contributed by atoms with Crippen molar-refractivity contribution < 1.29 is 0 Å². The van der Waals surface area contributed by atoms with Crippen molar-refractivity contribution in [2.75, 3.05) is 0 Å². The Morgan fingerprint density at radius 3 is 2.00 bits per heavy atom. The van der Waals surface area contributed by atoms with Gasteiger partial charge in [-0.25, -0.2) is 0 Å². The first kappa shape index (κ1) is 7.41. The molecule has 0 heterocycles. The highest BCUT2D eigenvalue weighted by Crippen LogP contribution is 2.02. The zero-order chi connectivity index (χ0) is 6.41. The maximum atomic E-state index is 6.74. The van der Waals surface area contributed by atoms with Gasteiger partial charge < -0.3 is 5.41 Å². The molecule has 46 valence electrons. The fourth-order valence-corrected chi connectivity index (χ4v) is 0.604. The number of nitrogens with one attached hydrogen (secondary N) is 1. The van der Waals surface area contributed by atoms with Crippen LogP contribution in [0.5, 0.6) is 0 Å². The lowest BCUT2D eigenvalue weighted by atomic mass is 10.1. The highest BCUT2D eigenvalue weighted by Gasteiger charge is 1.83. The van der Waals surface area contributed by atoms with Crippen molar-refractivity contribution in [3.8, 4) is 0 Å². The Hall–Kier alpha value is -0.590. The van der Waals surface area contributed by atoms with Crippen molar-refractivity contribution in [2.24, 2.45) is 0 Å². The van der Waals surface area contributed by atoms with Crippen LogP contribution in [0.15, 0.2) is 11.6 Å². The summed E-state index contributed by atoms with van der Waals surface area (Å²) in [6.07, 6.45) is 5.36. The van der Waals surface area contributed by atoms with Crippen LogP contribution >= 0.6 is 0 Å². The summed E-state index contributed by atoms with van der Waals surface area (Å²) in [7, 11) is 0. The van der Waals surface area contributed by atoms with Gasteiger partial charge in [0.2, 0.25) is 0 Å². The van der Waals surface area contributed by atoms with Gasteiger partial charge in [0, 0.05) is 6.21 Å². The normalized spacial score (nSPS) is 8.25. The first-order valence-electron chi connectivity index (χ1n) is 3.03. The molecule has 0 aromatic heterocycles. The summed E-state index contributed by atoms with van der Waals surface area (Å²) in [5, 5.41) is 6.74. The summed E-state index contributed by atoms with van der Waals surface area (Å²) >= 11 is 0. The second-order valence-electron chi connectivity index (χ2n) is 1.70. The molecule has 0 saturated heterocycles. The molecule has 0 rings (SSSR count). The molecule has 0 aliphatic rings. The number of hydrogen-bond acceptors (Lipinski definition) is 1. The largest absolute Gasteiger partial charge is 0.309 e. The molecule has 0 atom stereocenters. The Kier molecular flexibility index (Phi) is 4.23. The van der Waals surface area contributed by atoms with E-state index in [0.717, 1.165) is 12.8 Å². The third-order valence-electron chi connectivity index (χ3n) is 1.23. The molecular weight excluding hydrogens is 98.1 g/mol. The molecule has 0 aromatic rings. The second kappa shape index (κ2) is 4.57.